The van der Waals surface area contributed by atoms with E-state index in [-0.39, 0.29) is 45.0 Å². The first-order chi connectivity index (χ1) is 39.6. The number of amides is 8. The lowest BCUT2D eigenvalue weighted by Gasteiger charge is -2.14. The minimum atomic E-state index is -0.914. The molecule has 0 aliphatic rings. The summed E-state index contributed by atoms with van der Waals surface area (Å²) in [6.45, 7) is -1.71. The molecule has 406 valence electrons. The van der Waals surface area contributed by atoms with Crippen LogP contribution >= 0.6 is 0 Å². The molecule has 0 saturated carbocycles. The smallest absolute Gasteiger partial charge is 0.338 e. The van der Waals surface area contributed by atoms with Gasteiger partial charge in [0, 0.05) is 67.8 Å². The van der Waals surface area contributed by atoms with E-state index in [9.17, 15) is 38.4 Å². The van der Waals surface area contributed by atoms with Crippen molar-refractivity contribution in [1.29, 1.82) is 0 Å². The van der Waals surface area contributed by atoms with E-state index in [0.29, 0.717) is 45.0 Å². The number of hydrogen-bond acceptors (Lipinski definition) is 12. The molecule has 82 heavy (non-hydrogen) atoms. The molecule has 0 bridgehead atoms. The third-order valence-corrected chi connectivity index (χ3v) is 11.0. The first-order valence-corrected chi connectivity index (χ1v) is 24.3. The fourth-order valence-electron chi connectivity index (χ4n) is 7.34. The van der Waals surface area contributed by atoms with Gasteiger partial charge < -0.3 is 61.5 Å². The van der Waals surface area contributed by atoms with Crippen molar-refractivity contribution in [3.63, 3.8) is 0 Å². The van der Waals surface area contributed by atoms with Crippen molar-refractivity contribution in [3.8, 4) is 49.4 Å². The molecule has 0 aromatic heterocycles. The summed E-state index contributed by atoms with van der Waals surface area (Å²) in [5, 5.41) is 21.0. The molecule has 20 nitrogen and oxygen atoms in total. The van der Waals surface area contributed by atoms with Crippen molar-refractivity contribution in [2.75, 3.05) is 69.0 Å². The van der Waals surface area contributed by atoms with Crippen LogP contribution in [-0.2, 0) is 18.9 Å². The number of rotatable bonds is 18. The average Bonchev–Trinajstić information content (AvgIpc) is 3.48. The minimum absolute atomic E-state index is 0.0577. The molecule has 0 aliphatic carbocycles. The molecule has 7 rings (SSSR count). The topological polar surface area (TPSA) is 270 Å². The zero-order valence-electron chi connectivity index (χ0n) is 43.0. The third-order valence-electron chi connectivity index (χ3n) is 11.0. The van der Waals surface area contributed by atoms with Gasteiger partial charge in [0.15, 0.2) is 0 Å². The van der Waals surface area contributed by atoms with E-state index in [0.717, 1.165) is 0 Å². The predicted octanol–water partition coefficient (Wildman–Crippen LogP) is 10.2. The summed E-state index contributed by atoms with van der Waals surface area (Å²) < 4.78 is 21.3. The van der Waals surface area contributed by atoms with Gasteiger partial charge >= 0.3 is 48.0 Å². The molecule has 8 amide bonds. The van der Waals surface area contributed by atoms with Gasteiger partial charge in [0.2, 0.25) is 0 Å². The summed E-state index contributed by atoms with van der Waals surface area (Å²) in [5.41, 5.74) is 3.63. The first kappa shape index (κ1) is 57.4. The number of carbonyl (C=O) groups is 8. The number of esters is 4. The fourth-order valence-corrected chi connectivity index (χ4v) is 7.34. The van der Waals surface area contributed by atoms with E-state index >= 15 is 0 Å². The first-order valence-electron chi connectivity index (χ1n) is 24.3. The van der Waals surface area contributed by atoms with Gasteiger partial charge in [0.1, 0.15) is 26.4 Å². The number of urea groups is 4. The van der Waals surface area contributed by atoms with Crippen molar-refractivity contribution >= 4 is 93.5 Å². The van der Waals surface area contributed by atoms with Gasteiger partial charge in [-0.25, -0.2) is 38.4 Å². The molecule has 0 spiro atoms. The zero-order chi connectivity index (χ0) is 58.4. The molecule has 0 fully saturated rings. The normalized spacial score (nSPS) is 10.0. The maximum Gasteiger partial charge on any atom is 0.338 e. The number of hydrogen-bond donors (Lipinski definition) is 8. The summed E-state index contributed by atoms with van der Waals surface area (Å²) in [7, 11) is 0. The quantitative estimate of drug-likeness (QED) is 0.0173. The Kier molecular flexibility index (Phi) is 19.8. The highest BCUT2D eigenvalue weighted by atomic mass is 16.6. The van der Waals surface area contributed by atoms with Crippen LogP contribution in [0.15, 0.2) is 158 Å². The van der Waals surface area contributed by atoms with Crippen molar-refractivity contribution in [2.45, 2.75) is 0 Å². The van der Waals surface area contributed by atoms with E-state index < -0.39 is 74.4 Å². The SMILES string of the molecule is C#Cc1cccc(NC(=O)Nc2cc(NC(=O)Nc3cccc(C#C)c3)cc(C(=O)OCCOC(=O)c3cccc(C(=O)OCCOC(=O)c4cc(NC(=O)Nc5cccc(C#C)c5)cc(NC(=O)Nc5cccc(C#C)c5)c4)c3)c2)c1. The number of benzene rings is 7. The highest BCUT2D eigenvalue weighted by Crippen LogP contribution is 2.24. The molecule has 0 radical (unpaired) electrons. The molecule has 7 aromatic rings. The van der Waals surface area contributed by atoms with Crippen LogP contribution in [0.1, 0.15) is 63.7 Å². The molecule has 7 aromatic carbocycles. The lowest BCUT2D eigenvalue weighted by atomic mass is 10.1. The number of terminal acetylenes is 4. The lowest BCUT2D eigenvalue weighted by Crippen LogP contribution is -2.22. The van der Waals surface area contributed by atoms with Gasteiger partial charge in [-0.2, -0.15) is 0 Å². The van der Waals surface area contributed by atoms with Crippen LogP contribution in [0.4, 0.5) is 64.7 Å². The van der Waals surface area contributed by atoms with Crippen LogP contribution in [0.5, 0.6) is 0 Å². The Morgan fingerprint density at radius 3 is 0.768 bits per heavy atom. The second-order valence-electron chi connectivity index (χ2n) is 16.9. The summed E-state index contributed by atoms with van der Waals surface area (Å²) in [4.78, 5) is 105. The van der Waals surface area contributed by atoms with Crippen LogP contribution < -0.4 is 42.5 Å². The second-order valence-corrected chi connectivity index (χ2v) is 16.9. The van der Waals surface area contributed by atoms with Crippen LogP contribution in [0.2, 0.25) is 0 Å². The van der Waals surface area contributed by atoms with Crippen molar-refractivity contribution in [3.05, 3.63) is 202 Å². The Balaban J connectivity index is 0.918. The van der Waals surface area contributed by atoms with E-state index in [4.69, 9.17) is 44.6 Å². The van der Waals surface area contributed by atoms with Gasteiger partial charge in [-0.1, -0.05) is 54.0 Å². The maximum atomic E-state index is 13.4. The van der Waals surface area contributed by atoms with E-state index in [1.807, 2.05) is 0 Å². The van der Waals surface area contributed by atoms with Crippen molar-refractivity contribution in [1.82, 2.24) is 0 Å². The summed E-state index contributed by atoms with van der Waals surface area (Å²) in [5.74, 6) is 6.32. The van der Waals surface area contributed by atoms with Gasteiger partial charge in [-0.15, -0.1) is 25.7 Å². The monoisotopic (exact) mass is 1090 g/mol. The third kappa shape index (κ3) is 17.4. The fraction of sp³-hybridized carbons (Fsp3) is 0.0645. The molecule has 0 aliphatic heterocycles. The Hall–Kier alpha value is -12.3. The second kappa shape index (κ2) is 28.2. The summed E-state index contributed by atoms with van der Waals surface area (Å²) in [6, 6.07) is 36.7. The van der Waals surface area contributed by atoms with Crippen molar-refractivity contribution in [2.24, 2.45) is 0 Å². The van der Waals surface area contributed by atoms with Gasteiger partial charge in [-0.3, -0.25) is 0 Å². The Bertz CT molecular complexity index is 3390. The summed E-state index contributed by atoms with van der Waals surface area (Å²) >= 11 is 0. The number of carbonyl (C=O) groups excluding carboxylic acids is 8. The molecule has 0 atom stereocenters. The predicted molar refractivity (Wildman–Crippen MR) is 309 cm³/mol. The van der Waals surface area contributed by atoms with E-state index in [2.05, 4.69) is 66.2 Å². The van der Waals surface area contributed by atoms with E-state index in [1.54, 1.807) is 97.1 Å². The largest absolute Gasteiger partial charge is 0.458 e. The van der Waals surface area contributed by atoms with Crippen LogP contribution in [0, 0.1) is 49.4 Å². The molecule has 20 heteroatoms. The van der Waals surface area contributed by atoms with Gasteiger partial charge in [-0.05, 0) is 127 Å². The molecule has 0 heterocycles. The zero-order valence-corrected chi connectivity index (χ0v) is 43.0. The Labute approximate surface area is 469 Å². The van der Waals surface area contributed by atoms with Crippen LogP contribution in [-0.4, -0.2) is 74.4 Å². The van der Waals surface area contributed by atoms with Gasteiger partial charge in [0.25, 0.3) is 0 Å². The van der Waals surface area contributed by atoms with Crippen molar-refractivity contribution < 1.29 is 57.3 Å². The van der Waals surface area contributed by atoms with Gasteiger partial charge in [0.05, 0.1) is 22.3 Å². The number of ether oxygens (including phenoxy) is 4. The minimum Gasteiger partial charge on any atom is -0.458 e. The van der Waals surface area contributed by atoms with E-state index in [1.165, 1.54) is 60.7 Å². The standard InChI is InChI=1S/C62H46N8O12/c1-5-39-14-9-20-47(28-39)63-59(75)67-51-33-45(34-52(37-51)68-60(76)64-48-21-10-15-40(6-2)29-48)57(73)81-26-24-79-55(71)43-18-13-19-44(32-43)56(72)80-25-27-82-58(74)46-35-53(69-61(77)65-49-22-11-16-41(7-3)30-49)38-54(36-46)70-62(78)66-50-23-12-17-42(8-4)31-50/h1-4,9-23,28-38H,24-27H2,(H2,63,67,75)(H2,64,68,76)(H2,65,69,77)(H2,66,70,78). The van der Waals surface area contributed by atoms with Crippen LogP contribution in [0.25, 0.3) is 0 Å². The number of anilines is 8. The molecule has 0 unspecified atom stereocenters. The summed E-state index contributed by atoms with van der Waals surface area (Å²) in [6.07, 6.45) is 21.9. The molecular formula is C62H46N8O12. The lowest BCUT2D eigenvalue weighted by molar-refractivity contribution is 0.0260. The number of nitrogens with one attached hydrogen (secondary N) is 8. The molecule has 0 saturated heterocycles. The molecule has 8 N–H and O–H groups in total. The highest BCUT2D eigenvalue weighted by Gasteiger charge is 2.19. The van der Waals surface area contributed by atoms with Crippen LogP contribution in [0.3, 0.4) is 0 Å². The molecular weight excluding hydrogens is 1050 g/mol. The highest BCUT2D eigenvalue weighted by molar-refractivity contribution is 6.06. The Morgan fingerprint density at radius 1 is 0.280 bits per heavy atom. The average molecular weight is 1100 g/mol. The maximum absolute atomic E-state index is 13.4. The Morgan fingerprint density at radius 2 is 0.512 bits per heavy atom.